The summed E-state index contributed by atoms with van der Waals surface area (Å²) < 4.78 is 5.05. The van der Waals surface area contributed by atoms with Gasteiger partial charge in [0, 0.05) is 25.2 Å². The van der Waals surface area contributed by atoms with Gasteiger partial charge < -0.3 is 14.4 Å². The molecule has 1 aliphatic heterocycles. The highest BCUT2D eigenvalue weighted by Gasteiger charge is 2.34. The summed E-state index contributed by atoms with van der Waals surface area (Å²) in [6, 6.07) is 2.72. The second kappa shape index (κ2) is 4.70. The molecule has 0 atom stereocenters. The van der Waals surface area contributed by atoms with E-state index in [1.165, 1.54) is 12.1 Å². The van der Waals surface area contributed by atoms with E-state index in [1.807, 2.05) is 7.05 Å². The van der Waals surface area contributed by atoms with Gasteiger partial charge in [-0.05, 0) is 33.0 Å². The molecule has 1 N–H and O–H groups in total. The highest BCUT2D eigenvalue weighted by molar-refractivity contribution is 5.93. The molecule has 0 aromatic carbocycles. The van der Waals surface area contributed by atoms with Crippen molar-refractivity contribution in [2.45, 2.75) is 19.4 Å². The number of carbonyl (C=O) groups is 2. The van der Waals surface area contributed by atoms with Gasteiger partial charge in [0.1, 0.15) is 0 Å². The van der Waals surface area contributed by atoms with Crippen molar-refractivity contribution in [1.82, 2.24) is 9.80 Å². The van der Waals surface area contributed by atoms with Crippen LogP contribution in [0.1, 0.15) is 35.0 Å². The number of carbonyl (C=O) groups excluding carboxylic acids is 1. The van der Waals surface area contributed by atoms with Gasteiger partial charge in [-0.1, -0.05) is 0 Å². The van der Waals surface area contributed by atoms with Crippen LogP contribution in [0, 0.1) is 0 Å². The molecule has 1 aliphatic rings. The van der Waals surface area contributed by atoms with Crippen LogP contribution < -0.4 is 0 Å². The Morgan fingerprint density at radius 3 is 2.42 bits per heavy atom. The number of rotatable bonds is 2. The van der Waals surface area contributed by atoms with Gasteiger partial charge in [-0.3, -0.25) is 9.69 Å². The third-order valence-electron chi connectivity index (χ3n) is 3.63. The largest absolute Gasteiger partial charge is 0.475 e. The average Bonchev–Trinajstić information content (AvgIpc) is 2.81. The van der Waals surface area contributed by atoms with Gasteiger partial charge in [-0.15, -0.1) is 0 Å². The number of carboxylic acid groups (broad SMARTS) is 1. The number of amides is 1. The summed E-state index contributed by atoms with van der Waals surface area (Å²) >= 11 is 0. The minimum Gasteiger partial charge on any atom is -0.475 e. The average molecular weight is 266 g/mol. The van der Waals surface area contributed by atoms with Crippen molar-refractivity contribution in [2.24, 2.45) is 0 Å². The number of hydrogen-bond donors (Lipinski definition) is 1. The van der Waals surface area contributed by atoms with Gasteiger partial charge >= 0.3 is 5.97 Å². The molecule has 1 saturated heterocycles. The van der Waals surface area contributed by atoms with E-state index in [0.717, 1.165) is 6.54 Å². The molecule has 0 bridgehead atoms. The summed E-state index contributed by atoms with van der Waals surface area (Å²) in [5.74, 6) is -1.55. The highest BCUT2D eigenvalue weighted by Crippen LogP contribution is 2.21. The molecule has 2 heterocycles. The number of carboxylic acids is 1. The summed E-state index contributed by atoms with van der Waals surface area (Å²) in [4.78, 5) is 26.9. The molecule has 104 valence electrons. The molecule has 2 rings (SSSR count). The Morgan fingerprint density at radius 2 is 1.89 bits per heavy atom. The van der Waals surface area contributed by atoms with Crippen molar-refractivity contribution in [3.8, 4) is 0 Å². The fraction of sp³-hybridized carbons (Fsp3) is 0.538. The molecule has 0 aliphatic carbocycles. The fourth-order valence-corrected chi connectivity index (χ4v) is 2.14. The second-order valence-electron chi connectivity index (χ2n) is 5.43. The lowest BCUT2D eigenvalue weighted by Gasteiger charge is -2.45. The van der Waals surface area contributed by atoms with Crippen LogP contribution in [0.5, 0.6) is 0 Å². The van der Waals surface area contributed by atoms with Crippen molar-refractivity contribution in [1.29, 1.82) is 0 Å². The molecule has 0 unspecified atom stereocenters. The third kappa shape index (κ3) is 2.63. The Bertz CT molecular complexity index is 506. The maximum atomic E-state index is 12.3. The zero-order valence-corrected chi connectivity index (χ0v) is 11.3. The van der Waals surface area contributed by atoms with Crippen LogP contribution in [0.2, 0.25) is 0 Å². The van der Waals surface area contributed by atoms with Gasteiger partial charge in [-0.25, -0.2) is 4.79 Å². The van der Waals surface area contributed by atoms with E-state index >= 15 is 0 Å². The Morgan fingerprint density at radius 1 is 1.26 bits per heavy atom. The van der Waals surface area contributed by atoms with Crippen LogP contribution in [-0.2, 0) is 0 Å². The number of furan rings is 1. The van der Waals surface area contributed by atoms with E-state index in [2.05, 4.69) is 18.7 Å². The number of nitrogens with zero attached hydrogens (tertiary/aromatic N) is 2. The maximum absolute atomic E-state index is 12.3. The van der Waals surface area contributed by atoms with Crippen molar-refractivity contribution in [3.05, 3.63) is 23.7 Å². The minimum absolute atomic E-state index is 0.0813. The first-order valence-corrected chi connectivity index (χ1v) is 6.15. The van der Waals surface area contributed by atoms with E-state index in [1.54, 1.807) is 4.90 Å². The lowest BCUT2D eigenvalue weighted by Crippen LogP contribution is -2.58. The highest BCUT2D eigenvalue weighted by atomic mass is 16.4. The SMILES string of the molecule is CN1CCN(C(=O)c2ccc(C(=O)O)o2)CC1(C)C. The van der Waals surface area contributed by atoms with E-state index in [0.29, 0.717) is 13.1 Å². The maximum Gasteiger partial charge on any atom is 0.371 e. The van der Waals surface area contributed by atoms with Crippen molar-refractivity contribution in [2.75, 3.05) is 26.7 Å². The first-order chi connectivity index (χ1) is 8.81. The molecule has 1 aromatic heterocycles. The van der Waals surface area contributed by atoms with E-state index < -0.39 is 5.97 Å². The normalized spacial score (nSPS) is 19.4. The van der Waals surface area contributed by atoms with Gasteiger partial charge in [-0.2, -0.15) is 0 Å². The predicted molar refractivity (Wildman–Crippen MR) is 68.3 cm³/mol. The quantitative estimate of drug-likeness (QED) is 0.869. The van der Waals surface area contributed by atoms with Crippen molar-refractivity contribution in [3.63, 3.8) is 0 Å². The van der Waals surface area contributed by atoms with Gasteiger partial charge in [0.2, 0.25) is 5.76 Å². The van der Waals surface area contributed by atoms with Crippen LogP contribution >= 0.6 is 0 Å². The van der Waals surface area contributed by atoms with Gasteiger partial charge in [0.05, 0.1) is 0 Å². The summed E-state index contributed by atoms with van der Waals surface area (Å²) in [6.45, 7) is 6.12. The third-order valence-corrected chi connectivity index (χ3v) is 3.63. The Kier molecular flexibility index (Phi) is 3.36. The topological polar surface area (TPSA) is 74.0 Å². The number of piperazine rings is 1. The Balaban J connectivity index is 2.13. The van der Waals surface area contributed by atoms with Gasteiger partial charge in [0.25, 0.3) is 5.91 Å². The molecule has 0 spiro atoms. The first-order valence-electron chi connectivity index (χ1n) is 6.15. The van der Waals surface area contributed by atoms with Crippen LogP contribution in [0.15, 0.2) is 16.5 Å². The zero-order valence-electron chi connectivity index (χ0n) is 11.3. The molecule has 0 saturated carbocycles. The van der Waals surface area contributed by atoms with E-state index in [9.17, 15) is 9.59 Å². The molecule has 6 heteroatoms. The lowest BCUT2D eigenvalue weighted by molar-refractivity contribution is 0.0288. The molecule has 1 fully saturated rings. The monoisotopic (exact) mass is 266 g/mol. The van der Waals surface area contributed by atoms with E-state index in [-0.39, 0.29) is 23.0 Å². The minimum atomic E-state index is -1.17. The van der Waals surface area contributed by atoms with Crippen molar-refractivity contribution < 1.29 is 19.1 Å². The van der Waals surface area contributed by atoms with Crippen LogP contribution in [0.25, 0.3) is 0 Å². The molecule has 1 amide bonds. The molecular weight excluding hydrogens is 248 g/mol. The Hall–Kier alpha value is -1.82. The smallest absolute Gasteiger partial charge is 0.371 e. The number of likely N-dealkylation sites (N-methyl/N-ethyl adjacent to an activating group) is 1. The predicted octanol–water partition coefficient (Wildman–Crippen LogP) is 1.14. The summed E-state index contributed by atoms with van der Waals surface area (Å²) in [7, 11) is 2.03. The molecular formula is C13H18N2O4. The first kappa shape index (κ1) is 13.6. The molecule has 1 aromatic rings. The molecule has 6 nitrogen and oxygen atoms in total. The number of aromatic carboxylic acids is 1. The molecule has 0 radical (unpaired) electrons. The van der Waals surface area contributed by atoms with Crippen molar-refractivity contribution >= 4 is 11.9 Å². The molecule has 19 heavy (non-hydrogen) atoms. The second-order valence-corrected chi connectivity index (χ2v) is 5.43. The fourth-order valence-electron chi connectivity index (χ4n) is 2.14. The lowest BCUT2D eigenvalue weighted by atomic mass is 9.99. The van der Waals surface area contributed by atoms with Crippen LogP contribution in [0.4, 0.5) is 0 Å². The summed E-state index contributed by atoms with van der Waals surface area (Å²) in [5.41, 5.74) is -0.101. The van der Waals surface area contributed by atoms with Gasteiger partial charge in [0.15, 0.2) is 5.76 Å². The van der Waals surface area contributed by atoms with E-state index in [4.69, 9.17) is 9.52 Å². The zero-order chi connectivity index (χ0) is 14.2. The Labute approximate surface area is 111 Å². The number of hydrogen-bond acceptors (Lipinski definition) is 4. The summed E-state index contributed by atoms with van der Waals surface area (Å²) in [6.07, 6.45) is 0. The standard InChI is InChI=1S/C13H18N2O4/c1-13(2)8-15(7-6-14(13)3)11(16)9-4-5-10(19-9)12(17)18/h4-5H,6-8H2,1-3H3,(H,17,18). The summed E-state index contributed by atoms with van der Waals surface area (Å²) in [5, 5.41) is 8.78. The van der Waals surface area contributed by atoms with Crippen LogP contribution in [-0.4, -0.2) is 59.0 Å². The van der Waals surface area contributed by atoms with Crippen LogP contribution in [0.3, 0.4) is 0 Å².